The zero-order valence-electron chi connectivity index (χ0n) is 12.2. The third-order valence-corrected chi connectivity index (χ3v) is 4.16. The summed E-state index contributed by atoms with van der Waals surface area (Å²) in [5, 5.41) is 3.56. The number of aryl methyl sites for hydroxylation is 1. The highest BCUT2D eigenvalue weighted by molar-refractivity contribution is 5.76. The van der Waals surface area contributed by atoms with Gasteiger partial charge in [-0.15, -0.1) is 0 Å². The van der Waals surface area contributed by atoms with Crippen LogP contribution in [0.3, 0.4) is 0 Å². The molecule has 3 rings (SSSR count). The minimum Gasteiger partial charge on any atom is -0.327 e. The van der Waals surface area contributed by atoms with Crippen molar-refractivity contribution in [3.05, 3.63) is 29.8 Å². The van der Waals surface area contributed by atoms with E-state index in [0.29, 0.717) is 12.0 Å². The third kappa shape index (κ3) is 2.44. The van der Waals surface area contributed by atoms with Gasteiger partial charge in [0.2, 0.25) is 0 Å². The Morgan fingerprint density at radius 3 is 3.05 bits per heavy atom. The Morgan fingerprint density at radius 1 is 1.45 bits per heavy atom. The summed E-state index contributed by atoms with van der Waals surface area (Å²) < 4.78 is 15.7. The van der Waals surface area contributed by atoms with Gasteiger partial charge in [0.15, 0.2) is 0 Å². The van der Waals surface area contributed by atoms with Gasteiger partial charge in [-0.3, -0.25) is 0 Å². The molecule has 2 unspecified atom stereocenters. The molecule has 1 aliphatic heterocycles. The van der Waals surface area contributed by atoms with E-state index in [1.165, 1.54) is 18.6 Å². The van der Waals surface area contributed by atoms with Crippen molar-refractivity contribution in [3.63, 3.8) is 0 Å². The number of hydrogen-bond donors (Lipinski definition) is 1. The van der Waals surface area contributed by atoms with E-state index in [1.54, 1.807) is 0 Å². The van der Waals surface area contributed by atoms with Gasteiger partial charge >= 0.3 is 0 Å². The molecule has 0 bridgehead atoms. The van der Waals surface area contributed by atoms with Gasteiger partial charge in [0.1, 0.15) is 11.6 Å². The number of rotatable bonds is 3. The van der Waals surface area contributed by atoms with Crippen LogP contribution in [0.4, 0.5) is 4.39 Å². The SMILES string of the molecule is CCCn1c(C2CC(C)CCN2)nc2cc(F)ccc21. The summed E-state index contributed by atoms with van der Waals surface area (Å²) in [5.41, 5.74) is 1.82. The topological polar surface area (TPSA) is 29.9 Å². The highest BCUT2D eigenvalue weighted by Gasteiger charge is 2.25. The summed E-state index contributed by atoms with van der Waals surface area (Å²) in [4.78, 5) is 4.71. The highest BCUT2D eigenvalue weighted by Crippen LogP contribution is 2.29. The van der Waals surface area contributed by atoms with E-state index in [1.807, 2.05) is 6.07 Å². The second kappa shape index (κ2) is 5.52. The molecule has 108 valence electrons. The van der Waals surface area contributed by atoms with Crippen molar-refractivity contribution in [2.45, 2.75) is 45.7 Å². The smallest absolute Gasteiger partial charge is 0.127 e. The Hall–Kier alpha value is -1.42. The van der Waals surface area contributed by atoms with Crippen molar-refractivity contribution in [2.75, 3.05) is 6.54 Å². The van der Waals surface area contributed by atoms with Crippen LogP contribution < -0.4 is 5.32 Å². The molecule has 4 heteroatoms. The Kier molecular flexibility index (Phi) is 3.74. The highest BCUT2D eigenvalue weighted by atomic mass is 19.1. The molecule has 0 saturated carbocycles. The molecule has 0 spiro atoms. The summed E-state index contributed by atoms with van der Waals surface area (Å²) in [6, 6.07) is 5.21. The summed E-state index contributed by atoms with van der Waals surface area (Å²) in [5.74, 6) is 1.57. The van der Waals surface area contributed by atoms with E-state index in [9.17, 15) is 4.39 Å². The monoisotopic (exact) mass is 275 g/mol. The van der Waals surface area contributed by atoms with Crippen molar-refractivity contribution in [1.29, 1.82) is 0 Å². The zero-order valence-corrected chi connectivity index (χ0v) is 12.2. The normalized spacial score (nSPS) is 23.4. The third-order valence-electron chi connectivity index (χ3n) is 4.16. The van der Waals surface area contributed by atoms with Crippen LogP contribution in [0.2, 0.25) is 0 Å². The van der Waals surface area contributed by atoms with Gasteiger partial charge < -0.3 is 9.88 Å². The van der Waals surface area contributed by atoms with Crippen LogP contribution >= 0.6 is 0 Å². The summed E-state index contributed by atoms with van der Waals surface area (Å²) >= 11 is 0. The molecule has 2 atom stereocenters. The maximum absolute atomic E-state index is 13.4. The van der Waals surface area contributed by atoms with Crippen molar-refractivity contribution in [1.82, 2.24) is 14.9 Å². The van der Waals surface area contributed by atoms with Crippen LogP contribution in [0.1, 0.15) is 45.0 Å². The fourth-order valence-electron chi connectivity index (χ4n) is 3.15. The largest absolute Gasteiger partial charge is 0.327 e. The molecule has 0 radical (unpaired) electrons. The molecule has 2 aromatic rings. The summed E-state index contributed by atoms with van der Waals surface area (Å²) in [6.07, 6.45) is 3.38. The lowest BCUT2D eigenvalue weighted by Crippen LogP contribution is -2.32. The van der Waals surface area contributed by atoms with E-state index in [2.05, 4.69) is 23.7 Å². The molecule has 0 aliphatic carbocycles. The molecule has 1 aromatic carbocycles. The van der Waals surface area contributed by atoms with Crippen LogP contribution in [0, 0.1) is 11.7 Å². The molecular formula is C16H22FN3. The average Bonchev–Trinajstić information content (AvgIpc) is 2.77. The van der Waals surface area contributed by atoms with Crippen LogP contribution in [0.5, 0.6) is 0 Å². The Bertz CT molecular complexity index is 605. The molecule has 1 N–H and O–H groups in total. The molecule has 0 amide bonds. The molecule has 1 fully saturated rings. The van der Waals surface area contributed by atoms with E-state index in [-0.39, 0.29) is 5.82 Å². The molecule has 1 saturated heterocycles. The van der Waals surface area contributed by atoms with E-state index >= 15 is 0 Å². The second-order valence-corrected chi connectivity index (χ2v) is 5.89. The molecule has 1 aliphatic rings. The van der Waals surface area contributed by atoms with Crippen molar-refractivity contribution >= 4 is 11.0 Å². The predicted molar refractivity (Wildman–Crippen MR) is 79.1 cm³/mol. The summed E-state index contributed by atoms with van der Waals surface area (Å²) in [6.45, 7) is 6.43. The number of hydrogen-bond acceptors (Lipinski definition) is 2. The van der Waals surface area contributed by atoms with Crippen molar-refractivity contribution in [3.8, 4) is 0 Å². The zero-order chi connectivity index (χ0) is 14.1. The van der Waals surface area contributed by atoms with Crippen LogP contribution in [-0.2, 0) is 6.54 Å². The van der Waals surface area contributed by atoms with Gasteiger partial charge in [-0.25, -0.2) is 9.37 Å². The fraction of sp³-hybridized carbons (Fsp3) is 0.562. The molecule has 2 heterocycles. The summed E-state index contributed by atoms with van der Waals surface area (Å²) in [7, 11) is 0. The predicted octanol–water partition coefficient (Wildman–Crippen LogP) is 3.65. The van der Waals surface area contributed by atoms with Crippen LogP contribution in [0.25, 0.3) is 11.0 Å². The quantitative estimate of drug-likeness (QED) is 0.926. The lowest BCUT2D eigenvalue weighted by molar-refractivity contribution is 0.310. The lowest BCUT2D eigenvalue weighted by atomic mass is 9.94. The molecule has 3 nitrogen and oxygen atoms in total. The number of imidazole rings is 1. The molecule has 20 heavy (non-hydrogen) atoms. The average molecular weight is 275 g/mol. The number of fused-ring (bicyclic) bond motifs is 1. The minimum atomic E-state index is -0.213. The number of halogens is 1. The standard InChI is InChI=1S/C16H22FN3/c1-3-8-20-15-5-4-12(17)10-13(15)19-16(20)14-9-11(2)6-7-18-14/h4-5,10-11,14,18H,3,6-9H2,1-2H3. The number of nitrogens with one attached hydrogen (secondary N) is 1. The number of piperidine rings is 1. The van der Waals surface area contributed by atoms with E-state index in [4.69, 9.17) is 4.98 Å². The minimum absolute atomic E-state index is 0.213. The number of nitrogens with zero attached hydrogens (tertiary/aromatic N) is 2. The lowest BCUT2D eigenvalue weighted by Gasteiger charge is -2.28. The van der Waals surface area contributed by atoms with Gasteiger partial charge in [0.25, 0.3) is 0 Å². The molecule has 1 aromatic heterocycles. The van der Waals surface area contributed by atoms with Crippen LogP contribution in [-0.4, -0.2) is 16.1 Å². The van der Waals surface area contributed by atoms with E-state index < -0.39 is 0 Å². The second-order valence-electron chi connectivity index (χ2n) is 5.89. The number of aromatic nitrogens is 2. The first-order chi connectivity index (χ1) is 9.69. The van der Waals surface area contributed by atoms with Gasteiger partial charge in [-0.05, 0) is 43.9 Å². The first-order valence-corrected chi connectivity index (χ1v) is 7.58. The Balaban J connectivity index is 2.06. The fourth-order valence-corrected chi connectivity index (χ4v) is 3.15. The van der Waals surface area contributed by atoms with Crippen molar-refractivity contribution in [2.24, 2.45) is 5.92 Å². The first-order valence-electron chi connectivity index (χ1n) is 7.58. The van der Waals surface area contributed by atoms with Gasteiger partial charge in [-0.2, -0.15) is 0 Å². The van der Waals surface area contributed by atoms with E-state index in [0.717, 1.165) is 42.8 Å². The maximum Gasteiger partial charge on any atom is 0.127 e. The van der Waals surface area contributed by atoms with Gasteiger partial charge in [0, 0.05) is 12.6 Å². The molecular weight excluding hydrogens is 253 g/mol. The maximum atomic E-state index is 13.4. The Labute approximate surface area is 119 Å². The number of benzene rings is 1. The van der Waals surface area contributed by atoms with Gasteiger partial charge in [0.05, 0.1) is 17.1 Å². The van der Waals surface area contributed by atoms with Crippen molar-refractivity contribution < 1.29 is 4.39 Å². The first kappa shape index (κ1) is 13.6. The van der Waals surface area contributed by atoms with Crippen LogP contribution in [0.15, 0.2) is 18.2 Å². The van der Waals surface area contributed by atoms with Gasteiger partial charge in [-0.1, -0.05) is 13.8 Å². The Morgan fingerprint density at radius 2 is 2.30 bits per heavy atom.